The zero-order valence-electron chi connectivity index (χ0n) is 7.96. The highest BCUT2D eigenvalue weighted by atomic mass is 32.1. The van der Waals surface area contributed by atoms with E-state index < -0.39 is 0 Å². The van der Waals surface area contributed by atoms with Crippen molar-refractivity contribution in [1.29, 1.82) is 0 Å². The molecule has 1 rings (SSSR count). The minimum atomic E-state index is 0.119. The van der Waals surface area contributed by atoms with Gasteiger partial charge in [-0.1, -0.05) is 6.92 Å². The zero-order chi connectivity index (χ0) is 9.68. The Kier molecular flexibility index (Phi) is 3.89. The summed E-state index contributed by atoms with van der Waals surface area (Å²) >= 11 is 1.44. The lowest BCUT2D eigenvalue weighted by Crippen LogP contribution is -2.21. The van der Waals surface area contributed by atoms with Crippen molar-refractivity contribution in [3.8, 4) is 0 Å². The van der Waals surface area contributed by atoms with Gasteiger partial charge in [0.1, 0.15) is 0 Å². The van der Waals surface area contributed by atoms with Crippen molar-refractivity contribution in [3.05, 3.63) is 16.6 Å². The van der Waals surface area contributed by atoms with Crippen molar-refractivity contribution in [2.45, 2.75) is 33.2 Å². The third-order valence-corrected chi connectivity index (χ3v) is 2.49. The van der Waals surface area contributed by atoms with Gasteiger partial charge in [0.2, 0.25) is 5.91 Å². The molecule has 4 heteroatoms. The smallest absolute Gasteiger partial charge is 0.220 e. The number of nitrogens with zero attached hydrogens (tertiary/aromatic N) is 1. The van der Waals surface area contributed by atoms with Crippen LogP contribution < -0.4 is 5.32 Å². The first kappa shape index (κ1) is 10.2. The Morgan fingerprint density at radius 1 is 1.69 bits per heavy atom. The van der Waals surface area contributed by atoms with E-state index in [0.717, 1.165) is 17.0 Å². The van der Waals surface area contributed by atoms with E-state index in [1.54, 1.807) is 0 Å². The van der Waals surface area contributed by atoms with E-state index >= 15 is 0 Å². The van der Waals surface area contributed by atoms with Crippen LogP contribution in [-0.4, -0.2) is 10.3 Å². The van der Waals surface area contributed by atoms with Crippen LogP contribution in [0.5, 0.6) is 0 Å². The van der Waals surface area contributed by atoms with Crippen LogP contribution in [0.2, 0.25) is 0 Å². The third kappa shape index (κ3) is 3.55. The summed E-state index contributed by atoms with van der Waals surface area (Å²) in [4.78, 5) is 12.2. The molecule has 0 aliphatic carbocycles. The molecule has 0 aromatic carbocycles. The van der Waals surface area contributed by atoms with Gasteiger partial charge < -0.3 is 5.32 Å². The van der Waals surface area contributed by atoms with Gasteiger partial charge in [-0.2, -0.15) is 4.37 Å². The predicted molar refractivity (Wildman–Crippen MR) is 53.6 cm³/mol. The molecule has 0 spiro atoms. The summed E-state index contributed by atoms with van der Waals surface area (Å²) in [5.74, 6) is 0.119. The van der Waals surface area contributed by atoms with Gasteiger partial charge in [-0.05, 0) is 30.9 Å². The van der Waals surface area contributed by atoms with Crippen LogP contribution in [0.4, 0.5) is 0 Å². The molecule has 3 nitrogen and oxygen atoms in total. The molecule has 0 atom stereocenters. The fraction of sp³-hybridized carbons (Fsp3) is 0.556. The first-order chi connectivity index (χ1) is 6.22. The summed E-state index contributed by atoms with van der Waals surface area (Å²) in [6.45, 7) is 4.56. The van der Waals surface area contributed by atoms with Crippen LogP contribution >= 0.6 is 11.5 Å². The van der Waals surface area contributed by atoms with Crippen LogP contribution in [0, 0.1) is 6.92 Å². The Balaban J connectivity index is 2.30. The Morgan fingerprint density at radius 2 is 2.46 bits per heavy atom. The van der Waals surface area contributed by atoms with Crippen LogP contribution in [0.15, 0.2) is 6.07 Å². The predicted octanol–water partition coefficient (Wildman–Crippen LogP) is 1.87. The molecule has 0 saturated carbocycles. The normalized spacial score (nSPS) is 10.0. The highest BCUT2D eigenvalue weighted by molar-refractivity contribution is 7.05. The fourth-order valence-electron chi connectivity index (χ4n) is 1.00. The Labute approximate surface area is 82.3 Å². The van der Waals surface area contributed by atoms with Gasteiger partial charge in [0, 0.05) is 11.3 Å². The van der Waals surface area contributed by atoms with Crippen molar-refractivity contribution >= 4 is 17.4 Å². The van der Waals surface area contributed by atoms with Gasteiger partial charge >= 0.3 is 0 Å². The van der Waals surface area contributed by atoms with E-state index in [9.17, 15) is 4.79 Å². The molecule has 1 heterocycles. The molecule has 0 unspecified atom stereocenters. The number of carbonyl (C=O) groups is 1. The molecule has 13 heavy (non-hydrogen) atoms. The number of amides is 1. The van der Waals surface area contributed by atoms with Crippen LogP contribution in [0.3, 0.4) is 0 Å². The Morgan fingerprint density at radius 3 is 3.00 bits per heavy atom. The molecule has 0 aliphatic heterocycles. The summed E-state index contributed by atoms with van der Waals surface area (Å²) in [5, 5.41) is 2.84. The Bertz CT molecular complexity index is 283. The minimum absolute atomic E-state index is 0.119. The largest absolute Gasteiger partial charge is 0.351 e. The summed E-state index contributed by atoms with van der Waals surface area (Å²) in [6.07, 6.45) is 1.51. The van der Waals surface area contributed by atoms with E-state index in [1.807, 2.05) is 19.9 Å². The zero-order valence-corrected chi connectivity index (χ0v) is 8.78. The van der Waals surface area contributed by atoms with Gasteiger partial charge in [-0.3, -0.25) is 4.79 Å². The maximum Gasteiger partial charge on any atom is 0.220 e. The SMILES string of the molecule is CCCC(=O)NCc1cc(C)ns1. The van der Waals surface area contributed by atoms with Crippen molar-refractivity contribution in [3.63, 3.8) is 0 Å². The van der Waals surface area contributed by atoms with Crippen molar-refractivity contribution in [2.75, 3.05) is 0 Å². The number of aryl methyl sites for hydroxylation is 1. The molecule has 72 valence electrons. The highest BCUT2D eigenvalue weighted by Gasteiger charge is 2.01. The quantitative estimate of drug-likeness (QED) is 0.802. The standard InChI is InChI=1S/C9H14N2OS/c1-3-4-9(12)10-6-8-5-7(2)11-13-8/h5H,3-4,6H2,1-2H3,(H,10,12). The Hall–Kier alpha value is -0.900. The number of hydrogen-bond donors (Lipinski definition) is 1. The first-order valence-electron chi connectivity index (χ1n) is 4.41. The molecule has 0 radical (unpaired) electrons. The number of carbonyl (C=O) groups excluding carboxylic acids is 1. The average Bonchev–Trinajstić information content (AvgIpc) is 2.49. The number of nitrogens with one attached hydrogen (secondary N) is 1. The molecule has 1 amide bonds. The van der Waals surface area contributed by atoms with Crippen molar-refractivity contribution in [2.24, 2.45) is 0 Å². The van der Waals surface area contributed by atoms with E-state index in [1.165, 1.54) is 11.5 Å². The van der Waals surface area contributed by atoms with Gasteiger partial charge in [-0.15, -0.1) is 0 Å². The van der Waals surface area contributed by atoms with Crippen molar-refractivity contribution < 1.29 is 4.79 Å². The molecule has 1 aromatic heterocycles. The number of aromatic nitrogens is 1. The first-order valence-corrected chi connectivity index (χ1v) is 5.18. The summed E-state index contributed by atoms with van der Waals surface area (Å²) < 4.78 is 4.13. The van der Waals surface area contributed by atoms with Gasteiger partial charge in [-0.25, -0.2) is 0 Å². The van der Waals surface area contributed by atoms with Gasteiger partial charge in [0.25, 0.3) is 0 Å². The lowest BCUT2D eigenvalue weighted by Gasteiger charge is -2.00. The van der Waals surface area contributed by atoms with E-state index in [2.05, 4.69) is 9.69 Å². The molecule has 1 aromatic rings. The third-order valence-electron chi connectivity index (χ3n) is 1.61. The fourth-order valence-corrected chi connectivity index (χ4v) is 1.67. The number of rotatable bonds is 4. The second-order valence-electron chi connectivity index (χ2n) is 2.96. The second-order valence-corrected chi connectivity index (χ2v) is 3.85. The van der Waals surface area contributed by atoms with Crippen LogP contribution in [0.1, 0.15) is 30.3 Å². The minimum Gasteiger partial charge on any atom is -0.351 e. The lowest BCUT2D eigenvalue weighted by atomic mass is 10.3. The monoisotopic (exact) mass is 198 g/mol. The summed E-state index contributed by atoms with van der Waals surface area (Å²) in [7, 11) is 0. The molecule has 0 fully saturated rings. The molecular formula is C9H14N2OS. The average molecular weight is 198 g/mol. The molecule has 0 aliphatic rings. The van der Waals surface area contributed by atoms with E-state index in [-0.39, 0.29) is 5.91 Å². The van der Waals surface area contributed by atoms with Crippen LogP contribution in [0.25, 0.3) is 0 Å². The highest BCUT2D eigenvalue weighted by Crippen LogP contribution is 2.08. The molecular weight excluding hydrogens is 184 g/mol. The van der Waals surface area contributed by atoms with Gasteiger partial charge in [0.05, 0.1) is 12.2 Å². The molecule has 0 saturated heterocycles. The maximum atomic E-state index is 11.1. The molecule has 1 N–H and O–H groups in total. The van der Waals surface area contributed by atoms with E-state index in [0.29, 0.717) is 13.0 Å². The number of hydrogen-bond acceptors (Lipinski definition) is 3. The van der Waals surface area contributed by atoms with E-state index in [4.69, 9.17) is 0 Å². The summed E-state index contributed by atoms with van der Waals surface area (Å²) in [6, 6.07) is 2.00. The van der Waals surface area contributed by atoms with Crippen molar-refractivity contribution in [1.82, 2.24) is 9.69 Å². The second kappa shape index (κ2) is 4.97. The van der Waals surface area contributed by atoms with Crippen LogP contribution in [-0.2, 0) is 11.3 Å². The topological polar surface area (TPSA) is 42.0 Å². The lowest BCUT2D eigenvalue weighted by molar-refractivity contribution is -0.121. The summed E-state index contributed by atoms with van der Waals surface area (Å²) in [5.41, 5.74) is 1.02. The molecule has 0 bridgehead atoms. The van der Waals surface area contributed by atoms with Gasteiger partial charge in [0.15, 0.2) is 0 Å². The maximum absolute atomic E-state index is 11.1.